The number of aromatic amines is 1. The van der Waals surface area contributed by atoms with Crippen molar-refractivity contribution in [3.05, 3.63) is 33.1 Å². The molecule has 3 amide bonds. The Balaban J connectivity index is 1.62. The van der Waals surface area contributed by atoms with Crippen LogP contribution in [0.5, 0.6) is 0 Å². The van der Waals surface area contributed by atoms with Gasteiger partial charge in [0.05, 0.1) is 13.1 Å². The summed E-state index contributed by atoms with van der Waals surface area (Å²) in [5, 5.41) is 7.73. The van der Waals surface area contributed by atoms with Crippen LogP contribution in [0.2, 0.25) is 0 Å². The minimum Gasteiger partial charge on any atom is -0.456 e. The maximum atomic E-state index is 15.1. The molecule has 0 aromatic carbocycles. The summed E-state index contributed by atoms with van der Waals surface area (Å²) < 4.78 is 26.8. The van der Waals surface area contributed by atoms with Crippen LogP contribution in [-0.4, -0.2) is 59.1 Å². The standard InChI is InChI=1S/C26H42FN5O7/c1-3-5-6-7-8-9-10-11-15-28-25(36)30-17-29-19(33)12-13-21(35)39-23-18(4-2)38-24(22(23)27)32-16-14-20(34)31-26(32)37/h14,16,18,22-24H,3-13,15,17H2,1-2H3,(H,29,33)(H2,28,30,36)(H,31,34,37)/t18-,22?,23+,24-/m1/s1. The third-order valence-electron chi connectivity index (χ3n) is 6.47. The van der Waals surface area contributed by atoms with E-state index in [0.717, 1.165) is 36.1 Å². The van der Waals surface area contributed by atoms with Gasteiger partial charge in [0.2, 0.25) is 5.91 Å². The number of alkyl halides is 1. The Morgan fingerprint density at radius 1 is 1.00 bits per heavy atom. The molecule has 1 saturated heterocycles. The number of hydrogen-bond donors (Lipinski definition) is 4. The molecule has 1 aromatic rings. The molecule has 13 heteroatoms. The van der Waals surface area contributed by atoms with Crippen molar-refractivity contribution in [3.63, 3.8) is 0 Å². The fraction of sp³-hybridized carbons (Fsp3) is 0.731. The van der Waals surface area contributed by atoms with E-state index in [1.807, 2.05) is 4.98 Å². The Morgan fingerprint density at radius 3 is 2.36 bits per heavy atom. The summed E-state index contributed by atoms with van der Waals surface area (Å²) in [4.78, 5) is 61.4. The number of urea groups is 1. The highest BCUT2D eigenvalue weighted by Gasteiger charge is 2.48. The number of carbonyl (C=O) groups excluding carboxylic acids is 3. The Morgan fingerprint density at radius 2 is 1.69 bits per heavy atom. The van der Waals surface area contributed by atoms with E-state index in [0.29, 0.717) is 13.0 Å². The lowest BCUT2D eigenvalue weighted by molar-refractivity contribution is -0.154. The monoisotopic (exact) mass is 555 g/mol. The second-order valence-corrected chi connectivity index (χ2v) is 9.57. The van der Waals surface area contributed by atoms with Crippen LogP contribution >= 0.6 is 0 Å². The van der Waals surface area contributed by atoms with Crippen LogP contribution in [0, 0.1) is 0 Å². The molecule has 0 aliphatic carbocycles. The average molecular weight is 556 g/mol. The first-order valence-corrected chi connectivity index (χ1v) is 13.9. The van der Waals surface area contributed by atoms with Crippen LogP contribution in [0.1, 0.15) is 90.7 Å². The zero-order valence-electron chi connectivity index (χ0n) is 22.8. The molecule has 39 heavy (non-hydrogen) atoms. The van der Waals surface area contributed by atoms with E-state index in [-0.39, 0.29) is 19.5 Å². The number of rotatable bonds is 17. The summed E-state index contributed by atoms with van der Waals surface area (Å²) in [6.07, 6.45) is 4.95. The number of carbonyl (C=O) groups is 3. The van der Waals surface area contributed by atoms with Gasteiger partial charge in [-0.15, -0.1) is 0 Å². The quantitative estimate of drug-likeness (QED) is 0.130. The maximum absolute atomic E-state index is 15.1. The van der Waals surface area contributed by atoms with Crippen molar-refractivity contribution >= 4 is 17.9 Å². The summed E-state index contributed by atoms with van der Waals surface area (Å²) in [5.74, 6) is -1.29. The van der Waals surface area contributed by atoms with Crippen molar-refractivity contribution in [1.82, 2.24) is 25.5 Å². The maximum Gasteiger partial charge on any atom is 0.330 e. The van der Waals surface area contributed by atoms with Gasteiger partial charge in [-0.05, 0) is 12.8 Å². The summed E-state index contributed by atoms with van der Waals surface area (Å²) >= 11 is 0. The minimum atomic E-state index is -1.86. The van der Waals surface area contributed by atoms with Crippen molar-refractivity contribution < 1.29 is 28.2 Å². The van der Waals surface area contributed by atoms with Crippen LogP contribution in [0.4, 0.5) is 9.18 Å². The Labute approximate surface area is 227 Å². The molecule has 0 saturated carbocycles. The van der Waals surface area contributed by atoms with Crippen molar-refractivity contribution in [2.45, 2.75) is 109 Å². The molecular weight excluding hydrogens is 513 g/mol. The highest BCUT2D eigenvalue weighted by atomic mass is 19.1. The van der Waals surface area contributed by atoms with Gasteiger partial charge >= 0.3 is 17.7 Å². The lowest BCUT2D eigenvalue weighted by Gasteiger charge is -2.18. The highest BCUT2D eigenvalue weighted by Crippen LogP contribution is 2.34. The molecule has 1 fully saturated rings. The molecule has 1 aliphatic rings. The van der Waals surface area contributed by atoms with E-state index in [1.165, 1.54) is 32.1 Å². The molecular formula is C26H42FN5O7. The number of ether oxygens (including phenoxy) is 2. The number of halogens is 1. The van der Waals surface area contributed by atoms with Gasteiger partial charge in [-0.1, -0.05) is 58.8 Å². The molecule has 2 rings (SSSR count). The number of amides is 3. The van der Waals surface area contributed by atoms with E-state index < -0.39 is 53.8 Å². The van der Waals surface area contributed by atoms with Crippen LogP contribution in [0.15, 0.2) is 21.9 Å². The molecule has 1 aliphatic heterocycles. The van der Waals surface area contributed by atoms with Crippen LogP contribution in [-0.2, 0) is 19.1 Å². The molecule has 0 spiro atoms. The van der Waals surface area contributed by atoms with Crippen molar-refractivity contribution in [1.29, 1.82) is 0 Å². The predicted octanol–water partition coefficient (Wildman–Crippen LogP) is 2.39. The number of nitrogens with zero attached hydrogens (tertiary/aromatic N) is 1. The number of aromatic nitrogens is 2. The second-order valence-electron chi connectivity index (χ2n) is 9.57. The first kappa shape index (κ1) is 32.0. The predicted molar refractivity (Wildman–Crippen MR) is 142 cm³/mol. The largest absolute Gasteiger partial charge is 0.456 e. The van der Waals surface area contributed by atoms with E-state index in [2.05, 4.69) is 22.9 Å². The van der Waals surface area contributed by atoms with Crippen molar-refractivity contribution in [2.24, 2.45) is 0 Å². The lowest BCUT2D eigenvalue weighted by Crippen LogP contribution is -2.43. The third kappa shape index (κ3) is 11.2. The highest BCUT2D eigenvalue weighted by molar-refractivity contribution is 5.81. The average Bonchev–Trinajstić information content (AvgIpc) is 3.21. The van der Waals surface area contributed by atoms with E-state index >= 15 is 4.39 Å². The molecule has 4 atom stereocenters. The first-order chi connectivity index (χ1) is 18.8. The van der Waals surface area contributed by atoms with Gasteiger partial charge in [-0.25, -0.2) is 14.0 Å². The van der Waals surface area contributed by atoms with Gasteiger partial charge in [0, 0.05) is 25.2 Å². The minimum absolute atomic E-state index is 0.104. The fourth-order valence-electron chi connectivity index (χ4n) is 4.28. The molecule has 4 N–H and O–H groups in total. The Kier molecular flexibility index (Phi) is 14.3. The van der Waals surface area contributed by atoms with Gasteiger partial charge in [-0.2, -0.15) is 0 Å². The fourth-order valence-corrected chi connectivity index (χ4v) is 4.28. The lowest BCUT2D eigenvalue weighted by atomic mass is 10.1. The number of nitrogens with one attached hydrogen (secondary N) is 4. The summed E-state index contributed by atoms with van der Waals surface area (Å²) in [6.45, 7) is 4.35. The third-order valence-corrected chi connectivity index (χ3v) is 6.47. The van der Waals surface area contributed by atoms with E-state index in [1.54, 1.807) is 6.92 Å². The SMILES string of the molecule is CCCCCCCCCCNC(=O)NCNC(=O)CCC(=O)O[C@@H]1C(F)[C@H](n2ccc(=O)[nH]c2=O)O[C@@H]1CC. The summed E-state index contributed by atoms with van der Waals surface area (Å²) in [5.41, 5.74) is -1.48. The Hall–Kier alpha value is -3.22. The molecule has 220 valence electrons. The van der Waals surface area contributed by atoms with Gasteiger partial charge in [0.25, 0.3) is 5.56 Å². The number of unbranched alkanes of at least 4 members (excludes halogenated alkanes) is 7. The normalized spacial score (nSPS) is 20.4. The van der Waals surface area contributed by atoms with E-state index in [9.17, 15) is 24.0 Å². The Bertz CT molecular complexity index is 1030. The van der Waals surface area contributed by atoms with Crippen LogP contribution < -0.4 is 27.2 Å². The zero-order valence-corrected chi connectivity index (χ0v) is 22.8. The second kappa shape index (κ2) is 17.4. The smallest absolute Gasteiger partial charge is 0.330 e. The zero-order chi connectivity index (χ0) is 28.6. The molecule has 1 unspecified atom stereocenters. The number of esters is 1. The van der Waals surface area contributed by atoms with Gasteiger partial charge in [0.15, 0.2) is 18.5 Å². The summed E-state index contributed by atoms with van der Waals surface area (Å²) in [7, 11) is 0. The molecule has 0 radical (unpaired) electrons. The first-order valence-electron chi connectivity index (χ1n) is 13.9. The van der Waals surface area contributed by atoms with Crippen molar-refractivity contribution in [2.75, 3.05) is 13.2 Å². The topological polar surface area (TPSA) is 161 Å². The van der Waals surface area contributed by atoms with Gasteiger partial charge in [0.1, 0.15) is 6.10 Å². The van der Waals surface area contributed by atoms with E-state index in [4.69, 9.17) is 9.47 Å². The molecule has 0 bridgehead atoms. The number of hydrogen-bond acceptors (Lipinski definition) is 7. The molecule has 12 nitrogen and oxygen atoms in total. The molecule has 1 aromatic heterocycles. The van der Waals surface area contributed by atoms with Crippen LogP contribution in [0.25, 0.3) is 0 Å². The number of H-pyrrole nitrogens is 1. The van der Waals surface area contributed by atoms with Crippen molar-refractivity contribution in [3.8, 4) is 0 Å². The van der Waals surface area contributed by atoms with Gasteiger partial charge < -0.3 is 25.4 Å². The summed E-state index contributed by atoms with van der Waals surface area (Å²) in [6, 6.07) is 0.668. The van der Waals surface area contributed by atoms with Crippen LogP contribution in [0.3, 0.4) is 0 Å². The van der Waals surface area contributed by atoms with Gasteiger partial charge in [-0.3, -0.25) is 23.9 Å². The molecule has 2 heterocycles.